The van der Waals surface area contributed by atoms with Gasteiger partial charge in [-0.3, -0.25) is 0 Å². The number of hydrogen-bond acceptors (Lipinski definition) is 4. The topological polar surface area (TPSA) is 47.9 Å². The van der Waals surface area contributed by atoms with E-state index in [0.29, 0.717) is 23.6 Å². The summed E-state index contributed by atoms with van der Waals surface area (Å²) in [5, 5.41) is 9.62. The molecule has 2 aromatic rings. The smallest absolute Gasteiger partial charge is 0.457 e. The minimum absolute atomic E-state index is 0.322. The Morgan fingerprint density at radius 3 is 2.32 bits per heavy atom. The lowest BCUT2D eigenvalue weighted by molar-refractivity contribution is -0.274. The van der Waals surface area contributed by atoms with E-state index in [9.17, 15) is 18.2 Å². The summed E-state index contributed by atoms with van der Waals surface area (Å²) >= 11 is 0. The fourth-order valence-corrected chi connectivity index (χ4v) is 2.10. The van der Waals surface area contributed by atoms with Crippen LogP contribution in [0.2, 0.25) is 0 Å². The fourth-order valence-electron chi connectivity index (χ4n) is 2.10. The van der Waals surface area contributed by atoms with E-state index in [4.69, 9.17) is 9.39 Å². The molecule has 0 aliphatic carbocycles. The molecular weight excluding hydrogens is 300 g/mol. The molecule has 0 saturated heterocycles. The van der Waals surface area contributed by atoms with Crippen LogP contribution in [-0.4, -0.2) is 18.5 Å². The summed E-state index contributed by atoms with van der Waals surface area (Å²) in [6, 6.07) is 10.1. The van der Waals surface area contributed by atoms with Crippen LogP contribution in [0.15, 0.2) is 42.5 Å². The molecule has 0 spiro atoms. The number of hydrogen-bond donors (Lipinski definition) is 1. The molecule has 0 unspecified atom stereocenters. The molecule has 1 aliphatic heterocycles. The predicted octanol–water partition coefficient (Wildman–Crippen LogP) is 2.60. The summed E-state index contributed by atoms with van der Waals surface area (Å²) in [4.78, 5) is 0. The SMILES string of the molecule is OB1OCc2ccc(Oc3ccc(OC(F)(F)F)cc3)cc21. The predicted molar refractivity (Wildman–Crippen MR) is 72.0 cm³/mol. The first-order valence-corrected chi connectivity index (χ1v) is 6.37. The van der Waals surface area contributed by atoms with Gasteiger partial charge in [0.05, 0.1) is 6.61 Å². The lowest BCUT2D eigenvalue weighted by Crippen LogP contribution is -2.27. The highest BCUT2D eigenvalue weighted by molar-refractivity contribution is 6.61. The highest BCUT2D eigenvalue weighted by atomic mass is 19.4. The monoisotopic (exact) mass is 310 g/mol. The summed E-state index contributed by atoms with van der Waals surface area (Å²) in [6.07, 6.45) is -4.72. The van der Waals surface area contributed by atoms with E-state index < -0.39 is 13.5 Å². The van der Waals surface area contributed by atoms with E-state index in [-0.39, 0.29) is 5.75 Å². The lowest BCUT2D eigenvalue weighted by Gasteiger charge is -2.10. The number of benzene rings is 2. The van der Waals surface area contributed by atoms with Crippen molar-refractivity contribution in [2.24, 2.45) is 0 Å². The lowest BCUT2D eigenvalue weighted by atomic mass is 9.79. The molecule has 2 aromatic carbocycles. The van der Waals surface area contributed by atoms with Crippen molar-refractivity contribution in [1.29, 1.82) is 0 Å². The first kappa shape index (κ1) is 14.7. The first-order chi connectivity index (χ1) is 10.4. The zero-order valence-electron chi connectivity index (χ0n) is 11.1. The Hall–Kier alpha value is -2.19. The summed E-state index contributed by atoms with van der Waals surface area (Å²) in [5.41, 5.74) is 1.49. The Balaban J connectivity index is 1.72. The molecule has 1 aliphatic rings. The minimum Gasteiger partial charge on any atom is -0.457 e. The van der Waals surface area contributed by atoms with E-state index in [1.807, 2.05) is 0 Å². The maximum atomic E-state index is 12.1. The van der Waals surface area contributed by atoms with Gasteiger partial charge in [0, 0.05) is 0 Å². The molecule has 0 aromatic heterocycles. The highest BCUT2D eigenvalue weighted by Crippen LogP contribution is 2.27. The maximum absolute atomic E-state index is 12.1. The van der Waals surface area contributed by atoms with Gasteiger partial charge in [0.15, 0.2) is 0 Å². The molecule has 0 bridgehead atoms. The van der Waals surface area contributed by atoms with Gasteiger partial charge in [-0.25, -0.2) is 0 Å². The quantitative estimate of drug-likeness (QED) is 0.885. The number of halogens is 3. The van der Waals surface area contributed by atoms with Gasteiger partial charge in [-0.1, -0.05) is 6.07 Å². The molecule has 114 valence electrons. The van der Waals surface area contributed by atoms with Crippen LogP contribution in [0.1, 0.15) is 5.56 Å². The van der Waals surface area contributed by atoms with Crippen molar-refractivity contribution in [3.05, 3.63) is 48.0 Å². The van der Waals surface area contributed by atoms with Crippen molar-refractivity contribution in [2.45, 2.75) is 13.0 Å². The molecule has 0 radical (unpaired) electrons. The van der Waals surface area contributed by atoms with Gasteiger partial charge in [-0.05, 0) is 47.4 Å². The van der Waals surface area contributed by atoms with Crippen LogP contribution in [-0.2, 0) is 11.3 Å². The van der Waals surface area contributed by atoms with E-state index in [1.165, 1.54) is 12.1 Å². The molecule has 8 heteroatoms. The highest BCUT2D eigenvalue weighted by Gasteiger charge is 2.31. The zero-order chi connectivity index (χ0) is 15.7. The third-order valence-electron chi connectivity index (χ3n) is 3.07. The third kappa shape index (κ3) is 3.34. The number of alkyl halides is 3. The van der Waals surface area contributed by atoms with Crippen LogP contribution in [0.25, 0.3) is 0 Å². The van der Waals surface area contributed by atoms with E-state index in [2.05, 4.69) is 4.74 Å². The summed E-state index contributed by atoms with van der Waals surface area (Å²) in [7, 11) is -0.985. The Morgan fingerprint density at radius 2 is 1.64 bits per heavy atom. The molecule has 1 N–H and O–H groups in total. The number of ether oxygens (including phenoxy) is 2. The molecule has 0 saturated carbocycles. The second-order valence-electron chi connectivity index (χ2n) is 4.65. The molecule has 0 fully saturated rings. The Kier molecular flexibility index (Phi) is 3.72. The average Bonchev–Trinajstić information content (AvgIpc) is 2.81. The molecule has 3 rings (SSSR count). The van der Waals surface area contributed by atoms with E-state index in [1.54, 1.807) is 18.2 Å². The summed E-state index contributed by atoms with van der Waals surface area (Å²) in [6.45, 7) is 0.334. The van der Waals surface area contributed by atoms with Gasteiger partial charge in [-0.2, -0.15) is 0 Å². The Labute approximate surface area is 124 Å². The standard InChI is InChI=1S/C14H10BF3O4/c16-14(17,18)22-11-5-3-10(4-6-11)21-12-2-1-9-8-20-15(19)13(9)7-12/h1-7,19H,8H2. The van der Waals surface area contributed by atoms with Crippen molar-refractivity contribution in [2.75, 3.05) is 0 Å². The van der Waals surface area contributed by atoms with Gasteiger partial charge in [-0.15, -0.1) is 13.2 Å². The summed E-state index contributed by atoms with van der Waals surface area (Å²) in [5.74, 6) is 0.480. The van der Waals surface area contributed by atoms with Gasteiger partial charge >= 0.3 is 13.5 Å². The van der Waals surface area contributed by atoms with Gasteiger partial charge in [0.2, 0.25) is 0 Å². The summed E-state index contributed by atoms with van der Waals surface area (Å²) < 4.78 is 50.6. The van der Waals surface area contributed by atoms with Gasteiger partial charge in [0.25, 0.3) is 0 Å². The molecule has 1 heterocycles. The van der Waals surface area contributed by atoms with Crippen molar-refractivity contribution in [3.63, 3.8) is 0 Å². The van der Waals surface area contributed by atoms with Crippen LogP contribution in [0, 0.1) is 0 Å². The Morgan fingerprint density at radius 1 is 1.00 bits per heavy atom. The number of fused-ring (bicyclic) bond motifs is 1. The fraction of sp³-hybridized carbons (Fsp3) is 0.143. The minimum atomic E-state index is -4.72. The number of rotatable bonds is 3. The van der Waals surface area contributed by atoms with Crippen LogP contribution in [0.3, 0.4) is 0 Å². The van der Waals surface area contributed by atoms with Crippen LogP contribution in [0.5, 0.6) is 17.2 Å². The van der Waals surface area contributed by atoms with Crippen molar-refractivity contribution in [1.82, 2.24) is 0 Å². The van der Waals surface area contributed by atoms with Crippen molar-refractivity contribution < 1.29 is 32.3 Å². The van der Waals surface area contributed by atoms with Crippen LogP contribution >= 0.6 is 0 Å². The molecule has 0 atom stereocenters. The van der Waals surface area contributed by atoms with Crippen LogP contribution < -0.4 is 14.9 Å². The molecule has 22 heavy (non-hydrogen) atoms. The maximum Gasteiger partial charge on any atom is 0.573 e. The average molecular weight is 310 g/mol. The van der Waals surface area contributed by atoms with E-state index in [0.717, 1.165) is 17.7 Å². The Bertz CT molecular complexity index is 673. The first-order valence-electron chi connectivity index (χ1n) is 6.37. The van der Waals surface area contributed by atoms with E-state index >= 15 is 0 Å². The normalized spacial score (nSPS) is 13.9. The van der Waals surface area contributed by atoms with Gasteiger partial charge in [0.1, 0.15) is 17.2 Å². The van der Waals surface area contributed by atoms with Gasteiger partial charge < -0.3 is 19.2 Å². The largest absolute Gasteiger partial charge is 0.573 e. The molecular formula is C14H10BF3O4. The molecule has 0 amide bonds. The zero-order valence-corrected chi connectivity index (χ0v) is 11.1. The van der Waals surface area contributed by atoms with Crippen molar-refractivity contribution >= 4 is 12.6 Å². The van der Waals surface area contributed by atoms with Crippen LogP contribution in [0.4, 0.5) is 13.2 Å². The molecule has 4 nitrogen and oxygen atoms in total. The second-order valence-corrected chi connectivity index (χ2v) is 4.65. The van der Waals surface area contributed by atoms with Crippen molar-refractivity contribution in [3.8, 4) is 17.2 Å². The third-order valence-corrected chi connectivity index (χ3v) is 3.07. The second kappa shape index (κ2) is 5.55.